The Hall–Kier alpha value is -2.67. The molecule has 152 valence electrons. The normalized spacial score (nSPS) is 14.3. The summed E-state index contributed by atoms with van der Waals surface area (Å²) in [6.07, 6.45) is 5.68. The van der Waals surface area contributed by atoms with Crippen molar-refractivity contribution in [3.05, 3.63) is 46.3 Å². The molecule has 3 aromatic rings. The number of hydrogen-bond donors (Lipinski definition) is 0. The molecule has 1 aliphatic heterocycles. The number of nitrogens with zero attached hydrogens (tertiary/aromatic N) is 3. The maximum atomic E-state index is 13.1. The third-order valence-electron chi connectivity index (χ3n) is 5.21. The second kappa shape index (κ2) is 8.78. The molecular formula is C22H25N3O3S. The van der Waals surface area contributed by atoms with E-state index in [0.717, 1.165) is 55.6 Å². The molecule has 1 amide bonds. The lowest BCUT2D eigenvalue weighted by Crippen LogP contribution is -2.39. The molecule has 1 aromatic carbocycles. The van der Waals surface area contributed by atoms with Gasteiger partial charge in [-0.2, -0.15) is 0 Å². The van der Waals surface area contributed by atoms with Crippen LogP contribution in [-0.2, 0) is 11.3 Å². The van der Waals surface area contributed by atoms with Gasteiger partial charge < -0.3 is 9.64 Å². The smallest absolute Gasteiger partial charge is 0.263 e. The third-order valence-corrected chi connectivity index (χ3v) is 6.10. The van der Waals surface area contributed by atoms with Crippen LogP contribution in [0.25, 0.3) is 21.3 Å². The van der Waals surface area contributed by atoms with Gasteiger partial charge in [0.2, 0.25) is 5.91 Å². The summed E-state index contributed by atoms with van der Waals surface area (Å²) in [7, 11) is 0. The Kier molecular flexibility index (Phi) is 5.94. The maximum absolute atomic E-state index is 13.1. The Bertz CT molecular complexity index is 1050. The molecule has 6 nitrogen and oxygen atoms in total. The number of ether oxygens (including phenoxy) is 1. The zero-order valence-corrected chi connectivity index (χ0v) is 17.4. The number of aromatic nitrogens is 2. The number of thiophene rings is 1. The molecule has 0 saturated carbocycles. The fraction of sp³-hybridized carbons (Fsp3) is 0.409. The van der Waals surface area contributed by atoms with Crippen molar-refractivity contribution in [2.45, 2.75) is 39.2 Å². The highest BCUT2D eigenvalue weighted by molar-refractivity contribution is 7.17. The summed E-state index contributed by atoms with van der Waals surface area (Å²) in [5.74, 6) is 0.806. The van der Waals surface area contributed by atoms with Crippen LogP contribution in [0.4, 0.5) is 0 Å². The molecule has 0 aliphatic carbocycles. The molecular weight excluding hydrogens is 386 g/mol. The van der Waals surface area contributed by atoms with Crippen molar-refractivity contribution in [3.63, 3.8) is 0 Å². The van der Waals surface area contributed by atoms with Crippen LogP contribution in [0.15, 0.2) is 40.8 Å². The first kappa shape index (κ1) is 19.6. The molecule has 0 bridgehead atoms. The van der Waals surface area contributed by atoms with Crippen LogP contribution in [0, 0.1) is 0 Å². The summed E-state index contributed by atoms with van der Waals surface area (Å²) in [6, 6.07) is 7.76. The van der Waals surface area contributed by atoms with Crippen molar-refractivity contribution >= 4 is 27.5 Å². The van der Waals surface area contributed by atoms with Crippen molar-refractivity contribution in [2.24, 2.45) is 0 Å². The number of carbonyl (C=O) groups excluding carboxylic acids is 1. The van der Waals surface area contributed by atoms with Gasteiger partial charge in [0.15, 0.2) is 0 Å². The van der Waals surface area contributed by atoms with Crippen LogP contribution in [0.3, 0.4) is 0 Å². The highest BCUT2D eigenvalue weighted by Crippen LogP contribution is 2.31. The lowest BCUT2D eigenvalue weighted by molar-refractivity contribution is -0.132. The number of rotatable bonds is 6. The molecule has 0 N–H and O–H groups in total. The fourth-order valence-corrected chi connectivity index (χ4v) is 4.54. The topological polar surface area (TPSA) is 64.4 Å². The third kappa shape index (κ3) is 4.19. The molecule has 0 spiro atoms. The molecule has 29 heavy (non-hydrogen) atoms. The average Bonchev–Trinajstić information content (AvgIpc) is 3.20. The molecule has 2 aromatic heterocycles. The first-order valence-electron chi connectivity index (χ1n) is 10.1. The van der Waals surface area contributed by atoms with Gasteiger partial charge in [-0.3, -0.25) is 14.2 Å². The molecule has 1 fully saturated rings. The summed E-state index contributed by atoms with van der Waals surface area (Å²) in [5, 5.41) is 2.53. The standard InChI is InChI=1S/C22H25N3O3S/c1-2-12-28-17-8-6-16(7-9-17)18-14-29-21-20(18)22(27)25(15-23-21)13-19(26)24-10-4-3-5-11-24/h6-9,14-15H,2-5,10-13H2,1H3. The summed E-state index contributed by atoms with van der Waals surface area (Å²) in [4.78, 5) is 32.7. The monoisotopic (exact) mass is 411 g/mol. The summed E-state index contributed by atoms with van der Waals surface area (Å²) in [6.45, 7) is 4.35. The first-order chi connectivity index (χ1) is 14.2. The van der Waals surface area contributed by atoms with Crippen LogP contribution < -0.4 is 10.3 Å². The van der Waals surface area contributed by atoms with Gasteiger partial charge in [-0.1, -0.05) is 19.1 Å². The predicted octanol–water partition coefficient (Wildman–Crippen LogP) is 3.93. The minimum absolute atomic E-state index is 0.0119. The van der Waals surface area contributed by atoms with E-state index in [4.69, 9.17) is 4.74 Å². The Morgan fingerprint density at radius 3 is 2.66 bits per heavy atom. The number of fused-ring (bicyclic) bond motifs is 1. The van der Waals surface area contributed by atoms with E-state index in [9.17, 15) is 9.59 Å². The largest absolute Gasteiger partial charge is 0.494 e. The number of piperidine rings is 1. The van der Waals surface area contributed by atoms with E-state index < -0.39 is 0 Å². The quantitative estimate of drug-likeness (QED) is 0.617. The van der Waals surface area contributed by atoms with E-state index in [1.165, 1.54) is 22.2 Å². The van der Waals surface area contributed by atoms with Gasteiger partial charge in [0.05, 0.1) is 18.3 Å². The van der Waals surface area contributed by atoms with E-state index >= 15 is 0 Å². The van der Waals surface area contributed by atoms with Crippen LogP contribution in [0.5, 0.6) is 5.75 Å². The maximum Gasteiger partial charge on any atom is 0.263 e. The number of amides is 1. The van der Waals surface area contributed by atoms with Crippen LogP contribution in [-0.4, -0.2) is 40.1 Å². The number of hydrogen-bond acceptors (Lipinski definition) is 5. The highest BCUT2D eigenvalue weighted by atomic mass is 32.1. The summed E-state index contributed by atoms with van der Waals surface area (Å²) in [5.41, 5.74) is 1.63. The molecule has 3 heterocycles. The van der Waals surface area contributed by atoms with Crippen LogP contribution >= 0.6 is 11.3 Å². The van der Waals surface area contributed by atoms with E-state index in [2.05, 4.69) is 11.9 Å². The van der Waals surface area contributed by atoms with Gasteiger partial charge in [0, 0.05) is 24.0 Å². The fourth-order valence-electron chi connectivity index (χ4n) is 3.63. The molecule has 1 aliphatic rings. The second-order valence-corrected chi connectivity index (χ2v) is 8.18. The molecule has 0 unspecified atom stereocenters. The molecule has 4 rings (SSSR count). The van der Waals surface area contributed by atoms with Crippen molar-refractivity contribution in [1.82, 2.24) is 14.5 Å². The average molecular weight is 412 g/mol. The minimum Gasteiger partial charge on any atom is -0.494 e. The Labute approximate surface area is 173 Å². The van der Waals surface area contributed by atoms with Gasteiger partial charge in [0.1, 0.15) is 17.1 Å². The van der Waals surface area contributed by atoms with E-state index in [0.29, 0.717) is 16.8 Å². The zero-order chi connectivity index (χ0) is 20.2. The zero-order valence-electron chi connectivity index (χ0n) is 16.6. The lowest BCUT2D eigenvalue weighted by atomic mass is 10.1. The van der Waals surface area contributed by atoms with E-state index in [1.807, 2.05) is 34.5 Å². The van der Waals surface area contributed by atoms with Gasteiger partial charge in [-0.15, -0.1) is 11.3 Å². The Morgan fingerprint density at radius 1 is 1.17 bits per heavy atom. The van der Waals surface area contributed by atoms with Crippen molar-refractivity contribution in [2.75, 3.05) is 19.7 Å². The van der Waals surface area contributed by atoms with Crippen molar-refractivity contribution in [1.29, 1.82) is 0 Å². The predicted molar refractivity (Wildman–Crippen MR) is 116 cm³/mol. The lowest BCUT2D eigenvalue weighted by Gasteiger charge is -2.26. The molecule has 1 saturated heterocycles. The van der Waals surface area contributed by atoms with Gasteiger partial charge in [0.25, 0.3) is 5.56 Å². The number of benzene rings is 1. The van der Waals surface area contributed by atoms with Crippen molar-refractivity contribution < 1.29 is 9.53 Å². The SMILES string of the molecule is CCCOc1ccc(-c2csc3ncn(CC(=O)N4CCCCC4)c(=O)c23)cc1. The van der Waals surface area contributed by atoms with Gasteiger partial charge >= 0.3 is 0 Å². The summed E-state index contributed by atoms with van der Waals surface area (Å²) >= 11 is 1.45. The molecule has 0 radical (unpaired) electrons. The minimum atomic E-state index is -0.164. The van der Waals surface area contributed by atoms with E-state index in [1.54, 1.807) is 0 Å². The molecule has 7 heteroatoms. The summed E-state index contributed by atoms with van der Waals surface area (Å²) < 4.78 is 7.08. The number of carbonyl (C=O) groups is 1. The van der Waals surface area contributed by atoms with Gasteiger partial charge in [-0.05, 0) is 43.4 Å². The Morgan fingerprint density at radius 2 is 1.93 bits per heavy atom. The van der Waals surface area contributed by atoms with Gasteiger partial charge in [-0.25, -0.2) is 4.98 Å². The van der Waals surface area contributed by atoms with Crippen LogP contribution in [0.2, 0.25) is 0 Å². The van der Waals surface area contributed by atoms with Crippen LogP contribution in [0.1, 0.15) is 32.6 Å². The number of likely N-dealkylation sites (tertiary alicyclic amines) is 1. The Balaban J connectivity index is 1.62. The van der Waals surface area contributed by atoms with Crippen molar-refractivity contribution in [3.8, 4) is 16.9 Å². The van der Waals surface area contributed by atoms with E-state index in [-0.39, 0.29) is 18.0 Å². The highest BCUT2D eigenvalue weighted by Gasteiger charge is 2.19. The second-order valence-electron chi connectivity index (χ2n) is 7.32. The molecule has 0 atom stereocenters. The first-order valence-corrected chi connectivity index (χ1v) is 11.0.